The third kappa shape index (κ3) is 82.0. The lowest BCUT2D eigenvalue weighted by Gasteiger charge is -2.30. The van der Waals surface area contributed by atoms with Crippen molar-refractivity contribution >= 4 is 29.6 Å². The Balaban J connectivity index is -0.000000119. The molecule has 1 rings (SSSR count). The van der Waals surface area contributed by atoms with Gasteiger partial charge in [-0.15, -0.1) is 0 Å². The third-order valence-electron chi connectivity index (χ3n) is 1.73. The van der Waals surface area contributed by atoms with Crippen LogP contribution in [0, 0.1) is 0 Å². The van der Waals surface area contributed by atoms with Crippen molar-refractivity contribution in [1.82, 2.24) is 10.2 Å². The highest BCUT2D eigenvalue weighted by Crippen LogP contribution is 1.93. The summed E-state index contributed by atoms with van der Waals surface area (Å²) in [6.45, 7) is 6.39. The first kappa shape index (κ1) is 32.2. The molecule has 0 aliphatic carbocycles. The van der Waals surface area contributed by atoms with Crippen LogP contribution in [0.25, 0.3) is 0 Å². The molecule has 1 aliphatic heterocycles. The predicted octanol–water partition coefficient (Wildman–Crippen LogP) is -5.10. The van der Waals surface area contributed by atoms with Crippen molar-refractivity contribution < 1.29 is 57.5 Å². The highest BCUT2D eigenvalue weighted by atomic mass is 19.1. The van der Waals surface area contributed by atoms with Crippen LogP contribution in [0.2, 0.25) is 0 Å². The van der Waals surface area contributed by atoms with Gasteiger partial charge in [-0.05, 0) is 6.92 Å². The predicted molar refractivity (Wildman–Crippen MR) is 83.3 cm³/mol. The van der Waals surface area contributed by atoms with Gasteiger partial charge in [0.05, 0.1) is 6.17 Å². The fraction of sp³-hybridized carbons (Fsp3) is 1.00. The van der Waals surface area contributed by atoms with Crippen LogP contribution in [0.15, 0.2) is 0 Å². The van der Waals surface area contributed by atoms with Crippen LogP contribution < -0.4 is 11.1 Å². The van der Waals surface area contributed by atoms with E-state index >= 15 is 0 Å². The number of hydrogen-bond acceptors (Lipinski definition) is 11. The Morgan fingerprint density at radius 2 is 0.960 bits per heavy atom. The molecule has 150 valence electrons. The molecule has 0 spiro atoms. The lowest BCUT2D eigenvalue weighted by molar-refractivity contribution is 0.188. The third-order valence-corrected chi connectivity index (χ3v) is 1.73. The minimum absolute atomic E-state index is 0.229. The van der Waals surface area contributed by atoms with Gasteiger partial charge in [0.25, 0.3) is 0 Å². The molecule has 1 unspecified atom stereocenters. The molecule has 11 N–H and O–H groups in total. The molecule has 0 saturated carbocycles. The zero-order chi connectivity index (χ0) is 21.0. The Labute approximate surface area is 143 Å². The van der Waals surface area contributed by atoms with Crippen LogP contribution in [0.3, 0.4) is 0 Å². The Hall–Kier alpha value is -0.460. The van der Waals surface area contributed by atoms with Crippen LogP contribution in [0.4, 0.5) is 17.3 Å². The lowest BCUT2D eigenvalue weighted by Crippen LogP contribution is -2.50. The van der Waals surface area contributed by atoms with E-state index in [-0.39, 0.29) is 6.17 Å². The Bertz CT molecular complexity index is 213. The van der Waals surface area contributed by atoms with Gasteiger partial charge in [0, 0.05) is 26.2 Å². The molecule has 25 heavy (non-hydrogen) atoms. The van der Waals surface area contributed by atoms with Crippen LogP contribution >= 0.6 is 0 Å². The van der Waals surface area contributed by atoms with Gasteiger partial charge in [-0.1, -0.05) is 0 Å². The average molecular weight is 385 g/mol. The standard InChI is InChI=1S/C6H15N3.4BFH2O2/c1-6(7)9-4-2-8-3-5-9;4*2-1(3)4/h6,8H,2-5,7H2,1H3;4*3-4H. The van der Waals surface area contributed by atoms with Crippen molar-refractivity contribution in [2.45, 2.75) is 13.1 Å². The van der Waals surface area contributed by atoms with Gasteiger partial charge in [0.1, 0.15) is 0 Å². The van der Waals surface area contributed by atoms with Crippen LogP contribution in [-0.2, 0) is 0 Å². The first-order chi connectivity index (χ1) is 11.2. The Morgan fingerprint density at radius 3 is 1.08 bits per heavy atom. The summed E-state index contributed by atoms with van der Waals surface area (Å²) < 4.78 is 40.4. The maximum Gasteiger partial charge on any atom is 0.674 e. The molecule has 0 aromatic carbocycles. The molecule has 1 fully saturated rings. The SMILES string of the molecule is CC(N)N1CCNCC1.OB(O)F.OB(O)F.OB(O)F.OB(O)F. The summed E-state index contributed by atoms with van der Waals surface area (Å²) in [5.41, 5.74) is 5.67. The van der Waals surface area contributed by atoms with Gasteiger partial charge in [0.2, 0.25) is 0 Å². The van der Waals surface area contributed by atoms with Crippen LogP contribution in [-0.4, -0.2) is 107 Å². The molecular weight excluding hydrogens is 361 g/mol. The van der Waals surface area contributed by atoms with E-state index in [0.717, 1.165) is 26.2 Å². The van der Waals surface area contributed by atoms with Gasteiger partial charge in [-0.2, -0.15) is 0 Å². The molecule has 0 aromatic heterocycles. The average Bonchev–Trinajstić information content (AvgIpc) is 2.37. The fourth-order valence-corrected chi connectivity index (χ4v) is 1.09. The van der Waals surface area contributed by atoms with Crippen molar-refractivity contribution in [1.29, 1.82) is 0 Å². The lowest BCUT2D eigenvalue weighted by atomic mass is 10.3. The molecule has 1 saturated heterocycles. The van der Waals surface area contributed by atoms with Gasteiger partial charge >= 0.3 is 29.6 Å². The number of nitrogens with one attached hydrogen (secondary N) is 1. The minimum atomic E-state index is -2.67. The second-order valence-corrected chi connectivity index (χ2v) is 3.77. The molecule has 0 bridgehead atoms. The summed E-state index contributed by atoms with van der Waals surface area (Å²) in [5.74, 6) is 0. The molecular formula is C6H23B4F4N3O8. The smallest absolute Gasteiger partial charge is 0.398 e. The van der Waals surface area contributed by atoms with Crippen molar-refractivity contribution in [3.8, 4) is 0 Å². The maximum absolute atomic E-state index is 10.1. The van der Waals surface area contributed by atoms with E-state index in [0.29, 0.717) is 0 Å². The van der Waals surface area contributed by atoms with Gasteiger partial charge in [-0.3, -0.25) is 22.2 Å². The van der Waals surface area contributed by atoms with Gasteiger partial charge in [-0.25, -0.2) is 0 Å². The summed E-state index contributed by atoms with van der Waals surface area (Å²) in [7, 11) is -10.7. The van der Waals surface area contributed by atoms with E-state index in [1.807, 2.05) is 6.92 Å². The molecule has 1 atom stereocenters. The molecule has 0 amide bonds. The number of piperazine rings is 1. The number of hydrogen-bond donors (Lipinski definition) is 10. The largest absolute Gasteiger partial charge is 0.674 e. The minimum Gasteiger partial charge on any atom is -0.398 e. The number of rotatable bonds is 1. The van der Waals surface area contributed by atoms with Crippen molar-refractivity contribution in [2.24, 2.45) is 5.73 Å². The van der Waals surface area contributed by atoms with E-state index < -0.39 is 29.6 Å². The van der Waals surface area contributed by atoms with E-state index in [1.165, 1.54) is 0 Å². The summed E-state index contributed by atoms with van der Waals surface area (Å²) in [5, 5.41) is 58.8. The molecule has 0 aromatic rings. The summed E-state index contributed by atoms with van der Waals surface area (Å²) in [6.07, 6.45) is 0.229. The van der Waals surface area contributed by atoms with Crippen molar-refractivity contribution in [3.63, 3.8) is 0 Å². The van der Waals surface area contributed by atoms with E-state index in [4.69, 9.17) is 45.9 Å². The van der Waals surface area contributed by atoms with E-state index in [2.05, 4.69) is 10.2 Å². The van der Waals surface area contributed by atoms with E-state index in [9.17, 15) is 17.3 Å². The monoisotopic (exact) mass is 385 g/mol. The topological polar surface area (TPSA) is 203 Å². The Morgan fingerprint density at radius 1 is 0.760 bits per heavy atom. The van der Waals surface area contributed by atoms with Gasteiger partial charge in [0.15, 0.2) is 0 Å². The summed E-state index contributed by atoms with van der Waals surface area (Å²) >= 11 is 0. The molecule has 1 aliphatic rings. The molecule has 1 heterocycles. The quantitative estimate of drug-likeness (QED) is 0.153. The summed E-state index contributed by atoms with van der Waals surface area (Å²) in [4.78, 5) is 2.27. The normalized spacial score (nSPS) is 13.7. The zero-order valence-corrected chi connectivity index (χ0v) is 13.3. The van der Waals surface area contributed by atoms with Crippen molar-refractivity contribution in [2.75, 3.05) is 26.2 Å². The maximum atomic E-state index is 10.1. The molecule has 11 nitrogen and oxygen atoms in total. The highest BCUT2D eigenvalue weighted by Gasteiger charge is 2.11. The highest BCUT2D eigenvalue weighted by molar-refractivity contribution is 6.32. The number of nitrogens with two attached hydrogens (primary N) is 1. The number of nitrogens with zero attached hydrogens (tertiary/aromatic N) is 1. The zero-order valence-electron chi connectivity index (χ0n) is 13.3. The number of halogens is 4. The van der Waals surface area contributed by atoms with Crippen LogP contribution in [0.5, 0.6) is 0 Å². The molecule has 19 heteroatoms. The second-order valence-electron chi connectivity index (χ2n) is 3.77. The van der Waals surface area contributed by atoms with Gasteiger partial charge < -0.3 is 51.2 Å². The van der Waals surface area contributed by atoms with E-state index in [1.54, 1.807) is 0 Å². The van der Waals surface area contributed by atoms with Crippen LogP contribution in [0.1, 0.15) is 6.92 Å². The first-order valence-corrected chi connectivity index (χ1v) is 6.45. The fourth-order valence-electron chi connectivity index (χ4n) is 1.09. The summed E-state index contributed by atoms with van der Waals surface area (Å²) in [6, 6.07) is 0. The second kappa shape index (κ2) is 23.5. The molecule has 0 radical (unpaired) electrons. The first-order valence-electron chi connectivity index (χ1n) is 6.45. The van der Waals surface area contributed by atoms with Crippen molar-refractivity contribution in [3.05, 3.63) is 0 Å². The Kier molecular flexibility index (Phi) is 30.3.